The number of ether oxygens (including phenoxy) is 1. The van der Waals surface area contributed by atoms with Gasteiger partial charge in [-0.3, -0.25) is 9.69 Å². The quantitative estimate of drug-likeness (QED) is 0.688. The minimum Gasteiger partial charge on any atom is -0.480 e. The highest BCUT2D eigenvalue weighted by atomic mass is 32.2. The molecule has 1 amide bonds. The van der Waals surface area contributed by atoms with Crippen LogP contribution in [0.3, 0.4) is 0 Å². The third-order valence-corrected chi connectivity index (χ3v) is 4.65. The molecule has 0 aliphatic rings. The van der Waals surface area contributed by atoms with Gasteiger partial charge < -0.3 is 9.84 Å². The fourth-order valence-electron chi connectivity index (χ4n) is 2.16. The number of pyridine rings is 2. The van der Waals surface area contributed by atoms with Gasteiger partial charge in [-0.25, -0.2) is 27.9 Å². The second-order valence-electron chi connectivity index (χ2n) is 6.94. The van der Waals surface area contributed by atoms with E-state index in [-0.39, 0.29) is 23.1 Å². The van der Waals surface area contributed by atoms with E-state index in [9.17, 15) is 18.0 Å². The number of hydrogen-bond donors (Lipinski definition) is 2. The van der Waals surface area contributed by atoms with Gasteiger partial charge in [0.05, 0.1) is 12.2 Å². The van der Waals surface area contributed by atoms with Crippen molar-refractivity contribution in [1.29, 1.82) is 0 Å². The normalized spacial score (nSPS) is 11.7. The first-order valence-electron chi connectivity index (χ1n) is 8.57. The van der Waals surface area contributed by atoms with Crippen LogP contribution in [-0.4, -0.2) is 47.7 Å². The molecule has 0 atom stereocenters. The Morgan fingerprint density at radius 3 is 2.48 bits per heavy atom. The van der Waals surface area contributed by atoms with Crippen molar-refractivity contribution < 1.29 is 27.9 Å². The van der Waals surface area contributed by atoms with Gasteiger partial charge in [0.2, 0.25) is 0 Å². The van der Waals surface area contributed by atoms with Crippen LogP contribution in [0.5, 0.6) is 0 Å². The van der Waals surface area contributed by atoms with Crippen molar-refractivity contribution in [2.75, 3.05) is 11.4 Å². The molecule has 10 nitrogen and oxygen atoms in total. The average molecular weight is 422 g/mol. The highest BCUT2D eigenvalue weighted by molar-refractivity contribution is 7.89. The summed E-state index contributed by atoms with van der Waals surface area (Å²) >= 11 is 0. The number of carboxylic acids is 1. The average Bonchev–Trinajstić information content (AvgIpc) is 2.64. The number of nitrogens with zero attached hydrogens (tertiary/aromatic N) is 3. The molecule has 0 aliphatic heterocycles. The lowest BCUT2D eigenvalue weighted by molar-refractivity contribution is -0.135. The molecule has 29 heavy (non-hydrogen) atoms. The second kappa shape index (κ2) is 8.97. The van der Waals surface area contributed by atoms with E-state index in [1.54, 1.807) is 39.0 Å². The number of carbonyl (C=O) groups excluding carboxylic acids is 1. The molecule has 2 rings (SSSR count). The van der Waals surface area contributed by atoms with Crippen LogP contribution in [0.2, 0.25) is 0 Å². The van der Waals surface area contributed by atoms with Gasteiger partial charge in [0.25, 0.3) is 10.0 Å². The summed E-state index contributed by atoms with van der Waals surface area (Å²) in [5.41, 5.74) is -0.551. The number of hydrogen-bond acceptors (Lipinski definition) is 7. The van der Waals surface area contributed by atoms with E-state index in [0.717, 1.165) is 4.90 Å². The molecule has 0 saturated carbocycles. The standard InChI is InChI=1S/C18H22N4O6S/c1-18(2,3)28-17(25)22(12-16(23)24)14-8-6-7-13(21-14)11-20-29(26,27)15-9-4-5-10-19-15/h4-10,20H,11-12H2,1-3H3,(H,23,24). The Morgan fingerprint density at radius 1 is 1.17 bits per heavy atom. The van der Waals surface area contributed by atoms with E-state index in [0.29, 0.717) is 0 Å². The van der Waals surface area contributed by atoms with Crippen LogP contribution in [0.1, 0.15) is 26.5 Å². The summed E-state index contributed by atoms with van der Waals surface area (Å²) < 4.78 is 32.1. The van der Waals surface area contributed by atoms with Gasteiger partial charge in [0, 0.05) is 6.20 Å². The number of aliphatic carboxylic acids is 1. The molecule has 2 aromatic rings. The third-order valence-electron chi connectivity index (χ3n) is 3.33. The van der Waals surface area contributed by atoms with E-state index in [4.69, 9.17) is 9.84 Å². The molecule has 2 N–H and O–H groups in total. The lowest BCUT2D eigenvalue weighted by Gasteiger charge is -2.26. The van der Waals surface area contributed by atoms with Crippen LogP contribution in [-0.2, 0) is 26.1 Å². The predicted octanol–water partition coefficient (Wildman–Crippen LogP) is 1.78. The van der Waals surface area contributed by atoms with Crippen molar-refractivity contribution >= 4 is 27.9 Å². The Bertz CT molecular complexity index is 973. The SMILES string of the molecule is CC(C)(C)OC(=O)N(CC(=O)O)c1cccc(CNS(=O)(=O)c2ccccn2)n1. The maximum absolute atomic E-state index is 12.4. The van der Waals surface area contributed by atoms with Gasteiger partial charge in [-0.1, -0.05) is 12.1 Å². The molecule has 2 heterocycles. The first-order valence-corrected chi connectivity index (χ1v) is 10.1. The molecular weight excluding hydrogens is 400 g/mol. The summed E-state index contributed by atoms with van der Waals surface area (Å²) in [7, 11) is -3.85. The molecule has 2 aromatic heterocycles. The zero-order valence-electron chi connectivity index (χ0n) is 16.2. The summed E-state index contributed by atoms with van der Waals surface area (Å²) in [5.74, 6) is -1.23. The topological polar surface area (TPSA) is 139 Å². The van der Waals surface area contributed by atoms with Crippen LogP contribution in [0, 0.1) is 0 Å². The maximum Gasteiger partial charge on any atom is 0.416 e. The highest BCUT2D eigenvalue weighted by Crippen LogP contribution is 2.17. The van der Waals surface area contributed by atoms with Crippen LogP contribution in [0.4, 0.5) is 10.6 Å². The Labute approximate surface area is 168 Å². The molecule has 0 bridgehead atoms. The predicted molar refractivity (Wildman–Crippen MR) is 104 cm³/mol. The van der Waals surface area contributed by atoms with Crippen LogP contribution < -0.4 is 9.62 Å². The van der Waals surface area contributed by atoms with Gasteiger partial charge in [0.15, 0.2) is 5.03 Å². The lowest BCUT2D eigenvalue weighted by Crippen LogP contribution is -2.40. The van der Waals surface area contributed by atoms with Crippen LogP contribution >= 0.6 is 0 Å². The zero-order chi connectivity index (χ0) is 21.7. The molecule has 0 radical (unpaired) electrons. The minimum atomic E-state index is -3.85. The number of carbonyl (C=O) groups is 2. The number of aromatic nitrogens is 2. The molecule has 0 aromatic carbocycles. The third kappa shape index (κ3) is 6.80. The summed E-state index contributed by atoms with van der Waals surface area (Å²) in [6, 6.07) is 9.00. The van der Waals surface area contributed by atoms with Crippen molar-refractivity contribution in [1.82, 2.24) is 14.7 Å². The zero-order valence-corrected chi connectivity index (χ0v) is 17.0. The monoisotopic (exact) mass is 422 g/mol. The Kier molecular flexibility index (Phi) is 6.88. The summed E-state index contributed by atoms with van der Waals surface area (Å²) in [6.45, 7) is 4.12. The number of anilines is 1. The second-order valence-corrected chi connectivity index (χ2v) is 8.65. The Balaban J connectivity index is 2.21. The Hall–Kier alpha value is -3.05. The highest BCUT2D eigenvalue weighted by Gasteiger charge is 2.26. The molecule has 0 fully saturated rings. The summed E-state index contributed by atoms with van der Waals surface area (Å²) in [6.07, 6.45) is 0.483. The van der Waals surface area contributed by atoms with Crippen LogP contribution in [0.25, 0.3) is 0 Å². The molecular formula is C18H22N4O6S. The minimum absolute atomic E-state index is 0.0242. The van der Waals surface area contributed by atoms with Crippen molar-refractivity contribution in [2.45, 2.75) is 37.9 Å². The largest absolute Gasteiger partial charge is 0.480 e. The number of rotatable bonds is 7. The van der Waals surface area contributed by atoms with E-state index in [1.165, 1.54) is 24.4 Å². The molecule has 11 heteroatoms. The summed E-state index contributed by atoms with van der Waals surface area (Å²) in [4.78, 5) is 32.4. The fraction of sp³-hybridized carbons (Fsp3) is 0.333. The number of sulfonamides is 1. The van der Waals surface area contributed by atoms with E-state index in [2.05, 4.69) is 14.7 Å². The molecule has 0 saturated heterocycles. The van der Waals surface area contributed by atoms with Crippen molar-refractivity contribution in [3.63, 3.8) is 0 Å². The maximum atomic E-state index is 12.4. The van der Waals surface area contributed by atoms with Crippen LogP contribution in [0.15, 0.2) is 47.6 Å². The smallest absolute Gasteiger partial charge is 0.416 e. The first kappa shape index (κ1) is 22.2. The number of carboxylic acid groups (broad SMARTS) is 1. The van der Waals surface area contributed by atoms with Gasteiger partial charge in [-0.2, -0.15) is 0 Å². The van der Waals surface area contributed by atoms with Crippen molar-refractivity contribution in [3.8, 4) is 0 Å². The lowest BCUT2D eigenvalue weighted by atomic mass is 10.2. The van der Waals surface area contributed by atoms with Crippen molar-refractivity contribution in [2.24, 2.45) is 0 Å². The first-order chi connectivity index (χ1) is 13.5. The van der Waals surface area contributed by atoms with E-state index < -0.39 is 34.2 Å². The summed E-state index contributed by atoms with van der Waals surface area (Å²) in [5, 5.41) is 8.98. The van der Waals surface area contributed by atoms with E-state index in [1.807, 2.05) is 0 Å². The number of amides is 1. The molecule has 0 spiro atoms. The van der Waals surface area contributed by atoms with Gasteiger partial charge in [-0.15, -0.1) is 0 Å². The van der Waals surface area contributed by atoms with E-state index >= 15 is 0 Å². The number of nitrogens with one attached hydrogen (secondary N) is 1. The van der Waals surface area contributed by atoms with Gasteiger partial charge in [0.1, 0.15) is 18.0 Å². The van der Waals surface area contributed by atoms with Gasteiger partial charge >= 0.3 is 12.1 Å². The Morgan fingerprint density at radius 2 is 1.90 bits per heavy atom. The molecule has 0 aliphatic carbocycles. The van der Waals surface area contributed by atoms with Gasteiger partial charge in [-0.05, 0) is 45.0 Å². The fourth-order valence-corrected chi connectivity index (χ4v) is 3.10. The van der Waals surface area contributed by atoms with Crippen molar-refractivity contribution in [3.05, 3.63) is 48.3 Å². The molecule has 0 unspecified atom stereocenters. The molecule has 156 valence electrons.